The lowest BCUT2D eigenvalue weighted by atomic mass is 10.1. The quantitative estimate of drug-likeness (QED) is 0.815. The van der Waals surface area contributed by atoms with E-state index in [1.807, 2.05) is 30.3 Å². The standard InChI is InChI=1S/C22H29ClN2O2/c1-16-5-7-21(12-18(16)3)27-15-20(26)14-24-8-10-25(11-9-24)22-13-19(23)6-4-17(22)2/h4-7,12-13,20,26H,8-11,14-15H2,1-3H3. The molecule has 0 aromatic heterocycles. The van der Waals surface area contributed by atoms with Crippen molar-refractivity contribution in [3.8, 4) is 5.75 Å². The van der Waals surface area contributed by atoms with E-state index in [9.17, 15) is 5.11 Å². The fourth-order valence-corrected chi connectivity index (χ4v) is 3.61. The van der Waals surface area contributed by atoms with E-state index in [4.69, 9.17) is 16.3 Å². The van der Waals surface area contributed by atoms with E-state index in [1.165, 1.54) is 22.4 Å². The van der Waals surface area contributed by atoms with Crippen LogP contribution in [0.25, 0.3) is 0 Å². The first-order chi connectivity index (χ1) is 12.9. The Bertz CT molecular complexity index is 773. The van der Waals surface area contributed by atoms with Crippen molar-refractivity contribution in [1.82, 2.24) is 4.90 Å². The van der Waals surface area contributed by atoms with Gasteiger partial charge in [0.1, 0.15) is 18.5 Å². The van der Waals surface area contributed by atoms with Gasteiger partial charge in [-0.25, -0.2) is 0 Å². The summed E-state index contributed by atoms with van der Waals surface area (Å²) in [7, 11) is 0. The topological polar surface area (TPSA) is 35.9 Å². The highest BCUT2D eigenvalue weighted by molar-refractivity contribution is 6.30. The minimum Gasteiger partial charge on any atom is -0.491 e. The number of halogens is 1. The summed E-state index contributed by atoms with van der Waals surface area (Å²) < 4.78 is 5.76. The number of β-amino-alcohol motifs (C(OH)–C–C–N with tert-alkyl or cyclic N) is 1. The van der Waals surface area contributed by atoms with E-state index >= 15 is 0 Å². The molecular formula is C22H29ClN2O2. The molecule has 0 amide bonds. The molecule has 0 radical (unpaired) electrons. The van der Waals surface area contributed by atoms with Gasteiger partial charge in [0.05, 0.1) is 0 Å². The van der Waals surface area contributed by atoms with Gasteiger partial charge in [-0.15, -0.1) is 0 Å². The van der Waals surface area contributed by atoms with Crippen LogP contribution in [0.3, 0.4) is 0 Å². The molecule has 1 aliphatic heterocycles. The van der Waals surface area contributed by atoms with Crippen molar-refractivity contribution in [2.24, 2.45) is 0 Å². The second-order valence-corrected chi connectivity index (χ2v) is 7.87. The van der Waals surface area contributed by atoms with Crippen LogP contribution in [0.5, 0.6) is 5.75 Å². The average Bonchev–Trinajstić information content (AvgIpc) is 2.65. The first-order valence-corrected chi connectivity index (χ1v) is 9.92. The van der Waals surface area contributed by atoms with Crippen LogP contribution in [-0.4, -0.2) is 55.4 Å². The molecule has 2 aromatic rings. The van der Waals surface area contributed by atoms with E-state index < -0.39 is 6.10 Å². The number of aliphatic hydroxyl groups excluding tert-OH is 1. The number of aliphatic hydroxyl groups is 1. The number of aryl methyl sites for hydroxylation is 3. The fourth-order valence-electron chi connectivity index (χ4n) is 3.44. The minimum absolute atomic E-state index is 0.316. The molecule has 0 aliphatic carbocycles. The van der Waals surface area contributed by atoms with Gasteiger partial charge in [-0.3, -0.25) is 4.90 Å². The smallest absolute Gasteiger partial charge is 0.119 e. The van der Waals surface area contributed by atoms with E-state index in [0.29, 0.717) is 13.2 Å². The summed E-state index contributed by atoms with van der Waals surface area (Å²) in [6.07, 6.45) is -0.494. The Morgan fingerprint density at radius 3 is 2.37 bits per heavy atom. The Hall–Kier alpha value is -1.75. The van der Waals surface area contributed by atoms with Crippen molar-refractivity contribution < 1.29 is 9.84 Å². The van der Waals surface area contributed by atoms with E-state index in [1.54, 1.807) is 0 Å². The maximum Gasteiger partial charge on any atom is 0.119 e. The molecule has 1 N–H and O–H groups in total. The maximum absolute atomic E-state index is 10.4. The summed E-state index contributed by atoms with van der Waals surface area (Å²) in [4.78, 5) is 4.67. The van der Waals surface area contributed by atoms with Gasteiger partial charge in [0.2, 0.25) is 0 Å². The zero-order valence-corrected chi connectivity index (χ0v) is 17.2. The molecular weight excluding hydrogens is 360 g/mol. The summed E-state index contributed by atoms with van der Waals surface area (Å²) in [5.74, 6) is 0.818. The van der Waals surface area contributed by atoms with Gasteiger partial charge >= 0.3 is 0 Å². The number of ether oxygens (including phenoxy) is 1. The summed E-state index contributed by atoms with van der Waals surface area (Å²) in [5.41, 5.74) is 4.90. The van der Waals surface area contributed by atoms with Gasteiger partial charge in [0, 0.05) is 43.4 Å². The Kier molecular flexibility index (Phi) is 6.64. The van der Waals surface area contributed by atoms with Gasteiger partial charge in [0.25, 0.3) is 0 Å². The third-order valence-corrected chi connectivity index (χ3v) is 5.51. The van der Waals surface area contributed by atoms with Crippen molar-refractivity contribution in [2.75, 3.05) is 44.2 Å². The van der Waals surface area contributed by atoms with Crippen LogP contribution in [0.4, 0.5) is 5.69 Å². The van der Waals surface area contributed by atoms with Crippen molar-refractivity contribution in [2.45, 2.75) is 26.9 Å². The van der Waals surface area contributed by atoms with Crippen LogP contribution < -0.4 is 9.64 Å². The Morgan fingerprint density at radius 1 is 0.963 bits per heavy atom. The molecule has 1 atom stereocenters. The highest BCUT2D eigenvalue weighted by Gasteiger charge is 2.21. The van der Waals surface area contributed by atoms with Crippen molar-refractivity contribution in [3.05, 3.63) is 58.1 Å². The van der Waals surface area contributed by atoms with Crippen molar-refractivity contribution in [1.29, 1.82) is 0 Å². The Labute approximate surface area is 167 Å². The number of piperazine rings is 1. The first kappa shape index (κ1) is 20.0. The van der Waals surface area contributed by atoms with Crippen LogP contribution in [0.15, 0.2) is 36.4 Å². The lowest BCUT2D eigenvalue weighted by Crippen LogP contribution is -2.49. The third kappa shape index (κ3) is 5.38. The minimum atomic E-state index is -0.494. The molecule has 4 nitrogen and oxygen atoms in total. The lowest BCUT2D eigenvalue weighted by Gasteiger charge is -2.37. The normalized spacial score (nSPS) is 16.4. The van der Waals surface area contributed by atoms with Crippen LogP contribution in [0.2, 0.25) is 5.02 Å². The molecule has 1 heterocycles. The number of rotatable bonds is 6. The van der Waals surface area contributed by atoms with Gasteiger partial charge in [-0.1, -0.05) is 23.7 Å². The predicted octanol–water partition coefficient (Wildman–Crippen LogP) is 3.83. The number of hydrogen-bond donors (Lipinski definition) is 1. The zero-order chi connectivity index (χ0) is 19.4. The van der Waals surface area contributed by atoms with Gasteiger partial charge < -0.3 is 14.7 Å². The summed E-state index contributed by atoms with van der Waals surface area (Å²) >= 11 is 6.15. The average molecular weight is 389 g/mol. The molecule has 0 spiro atoms. The fraction of sp³-hybridized carbons (Fsp3) is 0.455. The van der Waals surface area contributed by atoms with E-state index in [0.717, 1.165) is 37.0 Å². The predicted molar refractivity (Wildman–Crippen MR) is 112 cm³/mol. The van der Waals surface area contributed by atoms with Crippen LogP contribution in [0, 0.1) is 20.8 Å². The van der Waals surface area contributed by atoms with Crippen LogP contribution in [0.1, 0.15) is 16.7 Å². The number of hydrogen-bond acceptors (Lipinski definition) is 4. The largest absolute Gasteiger partial charge is 0.491 e. The maximum atomic E-state index is 10.4. The molecule has 1 fully saturated rings. The second kappa shape index (κ2) is 8.96. The number of benzene rings is 2. The van der Waals surface area contributed by atoms with Crippen molar-refractivity contribution >= 4 is 17.3 Å². The zero-order valence-electron chi connectivity index (χ0n) is 16.4. The van der Waals surface area contributed by atoms with E-state index in [-0.39, 0.29) is 0 Å². The summed E-state index contributed by atoms with van der Waals surface area (Å²) in [6.45, 7) is 10.9. The monoisotopic (exact) mass is 388 g/mol. The summed E-state index contributed by atoms with van der Waals surface area (Å²) in [6, 6.07) is 12.1. The molecule has 1 unspecified atom stereocenters. The molecule has 0 saturated carbocycles. The molecule has 27 heavy (non-hydrogen) atoms. The molecule has 146 valence electrons. The molecule has 3 rings (SSSR count). The highest BCUT2D eigenvalue weighted by atomic mass is 35.5. The highest BCUT2D eigenvalue weighted by Crippen LogP contribution is 2.25. The molecule has 2 aromatic carbocycles. The van der Waals surface area contributed by atoms with Crippen LogP contribution in [-0.2, 0) is 0 Å². The summed E-state index contributed by atoms with van der Waals surface area (Å²) in [5, 5.41) is 11.1. The number of anilines is 1. The first-order valence-electron chi connectivity index (χ1n) is 9.54. The third-order valence-electron chi connectivity index (χ3n) is 5.27. The SMILES string of the molecule is Cc1ccc(OCC(O)CN2CCN(c3cc(Cl)ccc3C)CC2)cc1C. The second-order valence-electron chi connectivity index (χ2n) is 7.43. The Morgan fingerprint density at radius 2 is 1.67 bits per heavy atom. The number of nitrogens with zero attached hydrogens (tertiary/aromatic N) is 2. The van der Waals surface area contributed by atoms with Gasteiger partial charge in [0.15, 0.2) is 0 Å². The molecule has 0 bridgehead atoms. The molecule has 1 saturated heterocycles. The molecule has 1 aliphatic rings. The van der Waals surface area contributed by atoms with E-state index in [2.05, 4.69) is 36.6 Å². The van der Waals surface area contributed by atoms with Crippen LogP contribution >= 0.6 is 11.6 Å². The van der Waals surface area contributed by atoms with Crippen molar-refractivity contribution in [3.63, 3.8) is 0 Å². The van der Waals surface area contributed by atoms with Gasteiger partial charge in [-0.2, -0.15) is 0 Å². The molecule has 5 heteroatoms. The lowest BCUT2D eigenvalue weighted by molar-refractivity contribution is 0.0663. The Balaban J connectivity index is 1.45. The van der Waals surface area contributed by atoms with Gasteiger partial charge in [-0.05, 0) is 61.7 Å².